The van der Waals surface area contributed by atoms with Gasteiger partial charge in [-0.3, -0.25) is 0 Å². The zero-order chi connectivity index (χ0) is 14.2. The molecule has 94 valence electrons. The number of carbonyl (C=O) groups is 1. The van der Waals surface area contributed by atoms with Crippen LogP contribution in [-0.4, -0.2) is 11.1 Å². The standard InChI is InChI=1S/C8H8.C4H6O2.C3H3N/c1-2-8-6-4-3-5-7-8;1-2-3-4(5)6;1-2-3-4/h2-7H,1H2;2-3H,1H3,(H,5,6);2H,1H2. The SMILES string of the molecule is C=CC#N.C=Cc1ccccc1.CC=CC(=O)O. The second kappa shape index (κ2) is 14.4. The summed E-state index contributed by atoms with van der Waals surface area (Å²) in [5, 5.41) is 15.3. The fraction of sp³-hybridized carbons (Fsp3) is 0.0667. The number of carboxylic acid groups (broad SMARTS) is 1. The third-order valence-electron chi connectivity index (χ3n) is 1.44. The molecule has 0 fully saturated rings. The van der Waals surface area contributed by atoms with Crippen LogP contribution < -0.4 is 0 Å². The van der Waals surface area contributed by atoms with Crippen molar-refractivity contribution in [3.63, 3.8) is 0 Å². The summed E-state index contributed by atoms with van der Waals surface area (Å²) in [7, 11) is 0. The second-order valence-electron chi connectivity index (χ2n) is 2.79. The van der Waals surface area contributed by atoms with Crippen molar-refractivity contribution >= 4 is 12.0 Å². The summed E-state index contributed by atoms with van der Waals surface area (Å²) in [6, 6.07) is 11.7. The predicted molar refractivity (Wildman–Crippen MR) is 74.8 cm³/mol. The Bertz CT molecular complexity index is 414. The molecule has 0 saturated carbocycles. The topological polar surface area (TPSA) is 61.1 Å². The maximum Gasteiger partial charge on any atom is 0.327 e. The second-order valence-corrected chi connectivity index (χ2v) is 2.79. The molecule has 0 spiro atoms. The first-order valence-electron chi connectivity index (χ1n) is 5.16. The molecule has 0 aliphatic heterocycles. The number of hydrogen-bond donors (Lipinski definition) is 1. The lowest BCUT2D eigenvalue weighted by Gasteiger charge is -1.85. The highest BCUT2D eigenvalue weighted by Crippen LogP contribution is 1.97. The highest BCUT2D eigenvalue weighted by Gasteiger charge is 1.77. The minimum absolute atomic E-state index is 0.891. The molecule has 1 rings (SSSR count). The molecule has 0 aliphatic carbocycles. The molecule has 1 N–H and O–H groups in total. The van der Waals surface area contributed by atoms with Gasteiger partial charge in [0.1, 0.15) is 0 Å². The highest BCUT2D eigenvalue weighted by molar-refractivity contribution is 5.79. The van der Waals surface area contributed by atoms with Crippen molar-refractivity contribution in [3.8, 4) is 6.07 Å². The smallest absolute Gasteiger partial charge is 0.327 e. The van der Waals surface area contributed by atoms with E-state index in [1.165, 1.54) is 17.7 Å². The summed E-state index contributed by atoms with van der Waals surface area (Å²) < 4.78 is 0. The quantitative estimate of drug-likeness (QED) is 0.636. The van der Waals surface area contributed by atoms with Gasteiger partial charge in [0.25, 0.3) is 0 Å². The Balaban J connectivity index is 0. The van der Waals surface area contributed by atoms with Crippen LogP contribution in [0.15, 0.2) is 61.7 Å². The maximum atomic E-state index is 9.51. The minimum atomic E-state index is -0.891. The Morgan fingerprint density at radius 1 is 1.33 bits per heavy atom. The van der Waals surface area contributed by atoms with Gasteiger partial charge in [-0.1, -0.05) is 55.6 Å². The van der Waals surface area contributed by atoms with Gasteiger partial charge in [0.05, 0.1) is 6.07 Å². The van der Waals surface area contributed by atoms with Gasteiger partial charge in [0.15, 0.2) is 0 Å². The molecule has 0 atom stereocenters. The van der Waals surface area contributed by atoms with E-state index in [0.29, 0.717) is 0 Å². The van der Waals surface area contributed by atoms with Crippen molar-refractivity contribution in [2.75, 3.05) is 0 Å². The van der Waals surface area contributed by atoms with Crippen molar-refractivity contribution in [2.45, 2.75) is 6.92 Å². The number of rotatable bonds is 2. The number of benzene rings is 1. The molecule has 0 saturated heterocycles. The van der Waals surface area contributed by atoms with E-state index in [0.717, 1.165) is 6.08 Å². The van der Waals surface area contributed by atoms with E-state index in [4.69, 9.17) is 10.4 Å². The third-order valence-corrected chi connectivity index (χ3v) is 1.44. The Labute approximate surface area is 108 Å². The summed E-state index contributed by atoms with van der Waals surface area (Å²) in [6.07, 6.45) is 5.57. The lowest BCUT2D eigenvalue weighted by atomic mass is 10.2. The van der Waals surface area contributed by atoms with Crippen LogP contribution in [0, 0.1) is 11.3 Å². The van der Waals surface area contributed by atoms with E-state index >= 15 is 0 Å². The molecular weight excluding hydrogens is 226 g/mol. The molecule has 18 heavy (non-hydrogen) atoms. The first-order chi connectivity index (χ1) is 8.62. The normalized spacial score (nSPS) is 7.78. The van der Waals surface area contributed by atoms with Crippen LogP contribution in [0.3, 0.4) is 0 Å². The Kier molecular flexibility index (Phi) is 14.2. The van der Waals surface area contributed by atoms with E-state index in [9.17, 15) is 4.79 Å². The molecule has 0 aromatic heterocycles. The first-order valence-corrected chi connectivity index (χ1v) is 5.16. The molecule has 0 amide bonds. The molecular formula is C15H17NO2. The maximum absolute atomic E-state index is 9.51. The predicted octanol–water partition coefficient (Wildman–Crippen LogP) is 3.67. The molecule has 3 nitrogen and oxygen atoms in total. The summed E-state index contributed by atoms with van der Waals surface area (Å²) in [6.45, 7) is 8.41. The fourth-order valence-electron chi connectivity index (χ4n) is 0.732. The number of nitrogens with zero attached hydrogens (tertiary/aromatic N) is 1. The van der Waals surface area contributed by atoms with Crippen LogP contribution in [0.1, 0.15) is 12.5 Å². The number of carboxylic acids is 1. The monoisotopic (exact) mass is 243 g/mol. The van der Waals surface area contributed by atoms with Gasteiger partial charge in [0, 0.05) is 12.2 Å². The van der Waals surface area contributed by atoms with Crippen LogP contribution in [0.4, 0.5) is 0 Å². The minimum Gasteiger partial charge on any atom is -0.478 e. The Morgan fingerprint density at radius 3 is 2.00 bits per heavy atom. The summed E-state index contributed by atoms with van der Waals surface area (Å²) in [5.41, 5.74) is 1.17. The molecule has 1 aromatic carbocycles. The molecule has 0 radical (unpaired) electrons. The number of aliphatic carboxylic acids is 1. The number of allylic oxidation sites excluding steroid dienone is 2. The Morgan fingerprint density at radius 2 is 1.83 bits per heavy atom. The van der Waals surface area contributed by atoms with Crippen LogP contribution in [-0.2, 0) is 4.79 Å². The van der Waals surface area contributed by atoms with Crippen molar-refractivity contribution in [1.29, 1.82) is 5.26 Å². The molecule has 0 bridgehead atoms. The lowest BCUT2D eigenvalue weighted by molar-refractivity contribution is -0.131. The first kappa shape index (κ1) is 17.8. The van der Waals surface area contributed by atoms with E-state index in [-0.39, 0.29) is 0 Å². The summed E-state index contributed by atoms with van der Waals surface area (Å²) in [4.78, 5) is 9.51. The van der Waals surface area contributed by atoms with Gasteiger partial charge < -0.3 is 5.11 Å². The highest BCUT2D eigenvalue weighted by atomic mass is 16.4. The summed E-state index contributed by atoms with van der Waals surface area (Å²) in [5.74, 6) is -0.891. The molecule has 1 aromatic rings. The van der Waals surface area contributed by atoms with E-state index in [1.807, 2.05) is 36.4 Å². The van der Waals surface area contributed by atoms with Crippen molar-refractivity contribution in [3.05, 3.63) is 67.3 Å². The molecule has 3 heteroatoms. The van der Waals surface area contributed by atoms with Gasteiger partial charge >= 0.3 is 5.97 Å². The van der Waals surface area contributed by atoms with Crippen LogP contribution >= 0.6 is 0 Å². The van der Waals surface area contributed by atoms with Crippen LogP contribution in [0.2, 0.25) is 0 Å². The summed E-state index contributed by atoms with van der Waals surface area (Å²) >= 11 is 0. The third kappa shape index (κ3) is 15.9. The van der Waals surface area contributed by atoms with Gasteiger partial charge in [-0.25, -0.2) is 4.79 Å². The largest absolute Gasteiger partial charge is 0.478 e. The zero-order valence-corrected chi connectivity index (χ0v) is 10.4. The number of nitriles is 1. The van der Waals surface area contributed by atoms with E-state index < -0.39 is 5.97 Å². The van der Waals surface area contributed by atoms with Crippen molar-refractivity contribution < 1.29 is 9.90 Å². The van der Waals surface area contributed by atoms with Crippen LogP contribution in [0.25, 0.3) is 6.08 Å². The van der Waals surface area contributed by atoms with Gasteiger partial charge in [-0.15, -0.1) is 0 Å². The average Bonchev–Trinajstić information content (AvgIpc) is 2.40. The Hall–Kier alpha value is -2.60. The van der Waals surface area contributed by atoms with Gasteiger partial charge in [0.2, 0.25) is 0 Å². The van der Waals surface area contributed by atoms with E-state index in [2.05, 4.69) is 13.2 Å². The molecule has 0 aliphatic rings. The molecule has 0 heterocycles. The van der Waals surface area contributed by atoms with Crippen molar-refractivity contribution in [1.82, 2.24) is 0 Å². The fourth-order valence-corrected chi connectivity index (χ4v) is 0.732. The van der Waals surface area contributed by atoms with Crippen LogP contribution in [0.5, 0.6) is 0 Å². The van der Waals surface area contributed by atoms with Crippen molar-refractivity contribution in [2.24, 2.45) is 0 Å². The number of hydrogen-bond acceptors (Lipinski definition) is 2. The lowest BCUT2D eigenvalue weighted by Crippen LogP contribution is -1.83. The molecule has 0 unspecified atom stereocenters. The van der Waals surface area contributed by atoms with E-state index in [1.54, 1.807) is 13.0 Å². The average molecular weight is 243 g/mol. The van der Waals surface area contributed by atoms with Gasteiger partial charge in [-0.05, 0) is 12.5 Å². The van der Waals surface area contributed by atoms with Gasteiger partial charge in [-0.2, -0.15) is 5.26 Å². The zero-order valence-electron chi connectivity index (χ0n) is 10.4.